The average molecular weight is 563 g/mol. The highest BCUT2D eigenvalue weighted by Gasteiger charge is 2.28. The van der Waals surface area contributed by atoms with Crippen LogP contribution in [0.5, 0.6) is 5.75 Å². The summed E-state index contributed by atoms with van der Waals surface area (Å²) in [6.07, 6.45) is 0. The lowest BCUT2D eigenvalue weighted by Gasteiger charge is -2.24. The molecule has 1 heterocycles. The molecule has 0 radical (unpaired) electrons. The van der Waals surface area contributed by atoms with Gasteiger partial charge in [-0.2, -0.15) is 0 Å². The van der Waals surface area contributed by atoms with Gasteiger partial charge in [-0.3, -0.25) is 14.4 Å². The van der Waals surface area contributed by atoms with Crippen LogP contribution in [-0.4, -0.2) is 38.2 Å². The van der Waals surface area contributed by atoms with Gasteiger partial charge in [-0.05, 0) is 61.5 Å². The van der Waals surface area contributed by atoms with E-state index in [1.165, 1.54) is 30.3 Å². The topological polar surface area (TPSA) is 101 Å². The Morgan fingerprint density at radius 1 is 1.00 bits per heavy atom. The van der Waals surface area contributed by atoms with Crippen molar-refractivity contribution in [3.8, 4) is 16.3 Å². The van der Waals surface area contributed by atoms with Gasteiger partial charge < -0.3 is 4.74 Å². The molecule has 1 N–H and O–H groups in total. The molecule has 0 aliphatic rings. The summed E-state index contributed by atoms with van der Waals surface area (Å²) in [4.78, 5) is 13.0. The normalized spacial score (nSPS) is 11.2. The molecule has 0 saturated carbocycles. The van der Waals surface area contributed by atoms with Gasteiger partial charge in [0.2, 0.25) is 11.0 Å². The van der Waals surface area contributed by atoms with Gasteiger partial charge in [-0.1, -0.05) is 52.2 Å². The third-order valence-corrected chi connectivity index (χ3v) is 8.15. The van der Waals surface area contributed by atoms with E-state index in [1.54, 1.807) is 31.4 Å². The number of hydrogen-bond donors (Lipinski definition) is 1. The van der Waals surface area contributed by atoms with E-state index < -0.39 is 22.5 Å². The van der Waals surface area contributed by atoms with Gasteiger partial charge in [-0.15, -0.1) is 10.2 Å². The number of carbonyl (C=O) groups excluding carboxylic acids is 1. The third-order valence-electron chi connectivity index (χ3n) is 5.04. The second-order valence-electron chi connectivity index (χ2n) is 7.64. The van der Waals surface area contributed by atoms with E-state index in [9.17, 15) is 13.2 Å². The summed E-state index contributed by atoms with van der Waals surface area (Å²) in [5.41, 5.74) is 1.85. The molecule has 0 unspecified atom stereocenters. The van der Waals surface area contributed by atoms with Gasteiger partial charge in [0.05, 0.1) is 17.7 Å². The molecule has 0 aliphatic carbocycles. The maximum absolute atomic E-state index is 13.5. The smallest absolute Gasteiger partial charge is 0.264 e. The van der Waals surface area contributed by atoms with E-state index in [4.69, 9.17) is 27.9 Å². The van der Waals surface area contributed by atoms with Crippen molar-refractivity contribution >= 4 is 61.3 Å². The maximum atomic E-state index is 13.5. The fourth-order valence-electron chi connectivity index (χ4n) is 3.25. The number of nitrogens with zero attached hydrogens (tertiary/aromatic N) is 3. The van der Waals surface area contributed by atoms with Crippen LogP contribution < -0.4 is 14.4 Å². The number of aromatic nitrogens is 2. The molecule has 3 aromatic carbocycles. The van der Waals surface area contributed by atoms with E-state index in [0.717, 1.165) is 26.8 Å². The van der Waals surface area contributed by atoms with Crippen molar-refractivity contribution in [3.63, 3.8) is 0 Å². The van der Waals surface area contributed by atoms with Gasteiger partial charge in [-0.25, -0.2) is 8.42 Å². The summed E-state index contributed by atoms with van der Waals surface area (Å²) in [5, 5.41) is 12.0. The van der Waals surface area contributed by atoms with Crippen molar-refractivity contribution in [2.75, 3.05) is 23.3 Å². The van der Waals surface area contributed by atoms with Crippen molar-refractivity contribution in [2.45, 2.75) is 11.8 Å². The predicted octanol–water partition coefficient (Wildman–Crippen LogP) is 5.66. The van der Waals surface area contributed by atoms with E-state index in [-0.39, 0.29) is 25.8 Å². The van der Waals surface area contributed by atoms with Crippen LogP contribution in [0.25, 0.3) is 10.6 Å². The molecule has 4 aromatic rings. The van der Waals surface area contributed by atoms with E-state index in [0.29, 0.717) is 10.8 Å². The molecule has 36 heavy (non-hydrogen) atoms. The van der Waals surface area contributed by atoms with Crippen molar-refractivity contribution in [1.82, 2.24) is 10.2 Å². The number of nitrogens with one attached hydrogen (secondary N) is 1. The average Bonchev–Trinajstić information content (AvgIpc) is 3.30. The Balaban J connectivity index is 1.60. The zero-order valence-corrected chi connectivity index (χ0v) is 22.2. The minimum absolute atomic E-state index is 0.0229. The van der Waals surface area contributed by atoms with E-state index >= 15 is 0 Å². The number of amides is 1. The van der Waals surface area contributed by atoms with Crippen molar-refractivity contribution in [2.24, 2.45) is 0 Å². The Morgan fingerprint density at radius 2 is 1.64 bits per heavy atom. The Kier molecular flexibility index (Phi) is 7.79. The fourth-order valence-corrected chi connectivity index (χ4v) is 5.93. The first kappa shape index (κ1) is 25.9. The minimum atomic E-state index is -4.13. The Labute approximate surface area is 222 Å². The molecule has 1 aromatic heterocycles. The number of sulfonamides is 1. The number of carbonyl (C=O) groups is 1. The second-order valence-corrected chi connectivity index (χ2v) is 11.4. The molecule has 0 fully saturated rings. The molecular formula is C24H20Cl2N4O4S2. The monoisotopic (exact) mass is 562 g/mol. The number of hydrogen-bond acceptors (Lipinski definition) is 7. The van der Waals surface area contributed by atoms with Crippen molar-refractivity contribution in [3.05, 3.63) is 82.3 Å². The zero-order valence-electron chi connectivity index (χ0n) is 19.1. The van der Waals surface area contributed by atoms with Gasteiger partial charge in [0.25, 0.3) is 10.0 Å². The van der Waals surface area contributed by atoms with E-state index in [2.05, 4.69) is 15.5 Å². The van der Waals surface area contributed by atoms with Gasteiger partial charge in [0.15, 0.2) is 0 Å². The highest BCUT2D eigenvalue weighted by molar-refractivity contribution is 7.92. The molecule has 0 saturated heterocycles. The van der Waals surface area contributed by atoms with Gasteiger partial charge >= 0.3 is 0 Å². The first-order valence-electron chi connectivity index (χ1n) is 10.5. The van der Waals surface area contributed by atoms with Gasteiger partial charge in [0, 0.05) is 15.6 Å². The molecule has 0 bridgehead atoms. The minimum Gasteiger partial charge on any atom is -0.497 e. The largest absolute Gasteiger partial charge is 0.497 e. The summed E-state index contributed by atoms with van der Waals surface area (Å²) >= 11 is 13.4. The van der Waals surface area contributed by atoms with Crippen LogP contribution in [0.1, 0.15) is 5.56 Å². The van der Waals surface area contributed by atoms with Crippen LogP contribution >= 0.6 is 34.5 Å². The van der Waals surface area contributed by atoms with Crippen molar-refractivity contribution in [1.29, 1.82) is 0 Å². The molecule has 4 rings (SSSR count). The number of benzene rings is 3. The third kappa shape index (κ3) is 5.96. The standard InChI is InChI=1S/C24H20Cl2N4O4S2/c1-15-3-9-21(10-4-15)36(32,33)30(19-12-17(25)11-18(26)13-19)14-22(31)27-24-29-28-23(35-24)16-5-7-20(34-2)8-6-16/h3-13H,14H2,1-2H3,(H,27,29,31). The molecule has 0 aliphatic heterocycles. The number of halogens is 2. The van der Waals surface area contributed by atoms with Crippen LogP contribution in [0.3, 0.4) is 0 Å². The molecule has 8 nitrogen and oxygen atoms in total. The Bertz CT molecular complexity index is 1470. The maximum Gasteiger partial charge on any atom is 0.264 e. The molecular weight excluding hydrogens is 543 g/mol. The number of aryl methyl sites for hydroxylation is 1. The molecule has 12 heteroatoms. The Morgan fingerprint density at radius 3 is 2.25 bits per heavy atom. The summed E-state index contributed by atoms with van der Waals surface area (Å²) in [7, 11) is -2.55. The number of rotatable bonds is 8. The molecule has 186 valence electrons. The van der Waals surface area contributed by atoms with Crippen LogP contribution in [0.15, 0.2) is 71.6 Å². The second kappa shape index (κ2) is 10.8. The summed E-state index contributed by atoms with van der Waals surface area (Å²) in [5.74, 6) is 0.0898. The lowest BCUT2D eigenvalue weighted by atomic mass is 10.2. The number of anilines is 2. The van der Waals surface area contributed by atoms with Crippen molar-refractivity contribution < 1.29 is 17.9 Å². The zero-order chi connectivity index (χ0) is 25.9. The SMILES string of the molecule is COc1ccc(-c2nnc(NC(=O)CN(c3cc(Cl)cc(Cl)c3)S(=O)(=O)c3ccc(C)cc3)s2)cc1. The quantitative estimate of drug-likeness (QED) is 0.297. The van der Waals surface area contributed by atoms with E-state index in [1.807, 2.05) is 19.1 Å². The summed E-state index contributed by atoms with van der Waals surface area (Å²) in [6.45, 7) is 1.31. The lowest BCUT2D eigenvalue weighted by molar-refractivity contribution is -0.114. The number of ether oxygens (including phenoxy) is 1. The number of methoxy groups -OCH3 is 1. The van der Waals surface area contributed by atoms with Crippen LogP contribution in [0.4, 0.5) is 10.8 Å². The lowest BCUT2D eigenvalue weighted by Crippen LogP contribution is -2.38. The summed E-state index contributed by atoms with van der Waals surface area (Å²) in [6, 6.07) is 17.9. The summed E-state index contributed by atoms with van der Waals surface area (Å²) < 4.78 is 33.2. The van der Waals surface area contributed by atoms with Gasteiger partial charge in [0.1, 0.15) is 17.3 Å². The van der Waals surface area contributed by atoms with Crippen LogP contribution in [-0.2, 0) is 14.8 Å². The van der Waals surface area contributed by atoms with Crippen LogP contribution in [0.2, 0.25) is 10.0 Å². The first-order chi connectivity index (χ1) is 17.2. The first-order valence-corrected chi connectivity index (χ1v) is 13.5. The Hall–Kier alpha value is -3.18. The molecule has 1 amide bonds. The molecule has 0 atom stereocenters. The fraction of sp³-hybridized carbons (Fsp3) is 0.125. The highest BCUT2D eigenvalue weighted by Crippen LogP contribution is 2.31. The predicted molar refractivity (Wildman–Crippen MR) is 143 cm³/mol. The molecule has 0 spiro atoms. The van der Waals surface area contributed by atoms with Crippen LogP contribution in [0, 0.1) is 6.92 Å². The highest BCUT2D eigenvalue weighted by atomic mass is 35.5.